The third-order valence-electron chi connectivity index (χ3n) is 3.51. The topological polar surface area (TPSA) is 128 Å². The lowest BCUT2D eigenvalue weighted by Crippen LogP contribution is -2.21. The first-order valence-corrected chi connectivity index (χ1v) is 8.91. The normalized spacial score (nSPS) is 12.3. The molecule has 2 aromatic heterocycles. The first-order chi connectivity index (χ1) is 13.0. The zero-order valence-corrected chi connectivity index (χ0v) is 15.5. The van der Waals surface area contributed by atoms with Gasteiger partial charge in [0, 0.05) is 27.5 Å². The van der Waals surface area contributed by atoms with E-state index in [1.54, 1.807) is 30.7 Å². The fourth-order valence-electron chi connectivity index (χ4n) is 2.31. The smallest absolute Gasteiger partial charge is 0.190 e. The predicted molar refractivity (Wildman–Crippen MR) is 115 cm³/mol. The van der Waals surface area contributed by atoms with Gasteiger partial charge in [-0.2, -0.15) is 5.10 Å². The average molecular weight is 377 g/mol. The Balaban J connectivity index is 1.82. The van der Waals surface area contributed by atoms with E-state index in [-0.39, 0.29) is 5.96 Å². The van der Waals surface area contributed by atoms with Crippen molar-refractivity contribution >= 4 is 45.5 Å². The zero-order valence-electron chi connectivity index (χ0n) is 14.7. The minimum Gasteiger partial charge on any atom is -0.386 e. The molecule has 0 aliphatic heterocycles. The minimum atomic E-state index is 0.0386. The van der Waals surface area contributed by atoms with Gasteiger partial charge in [-0.25, -0.2) is 4.99 Å². The van der Waals surface area contributed by atoms with Crippen LogP contribution in [-0.2, 0) is 0 Å². The Morgan fingerprint density at radius 1 is 1.11 bits per heavy atom. The van der Waals surface area contributed by atoms with E-state index in [4.69, 9.17) is 17.2 Å². The summed E-state index contributed by atoms with van der Waals surface area (Å²) in [6.45, 7) is 1.68. The summed E-state index contributed by atoms with van der Waals surface area (Å²) in [5, 5.41) is 8.81. The Bertz CT molecular complexity index is 1050. The number of hydrogen-bond donors (Lipinski definition) is 3. The van der Waals surface area contributed by atoms with Crippen molar-refractivity contribution in [2.45, 2.75) is 6.92 Å². The molecule has 1 aromatic carbocycles. The lowest BCUT2D eigenvalue weighted by atomic mass is 10.1. The van der Waals surface area contributed by atoms with Crippen LogP contribution >= 0.6 is 11.3 Å². The molecule has 3 rings (SSSR count). The zero-order chi connectivity index (χ0) is 19.2. The van der Waals surface area contributed by atoms with Crippen molar-refractivity contribution < 1.29 is 0 Å². The van der Waals surface area contributed by atoms with Crippen molar-refractivity contribution in [2.24, 2.45) is 32.4 Å². The Morgan fingerprint density at radius 3 is 2.67 bits per heavy atom. The van der Waals surface area contributed by atoms with E-state index in [2.05, 4.69) is 38.4 Å². The summed E-state index contributed by atoms with van der Waals surface area (Å²) in [6, 6.07) is 12.3. The van der Waals surface area contributed by atoms with Crippen LogP contribution in [0.25, 0.3) is 26.6 Å². The second-order valence-corrected chi connectivity index (χ2v) is 6.82. The number of pyridine rings is 1. The quantitative estimate of drug-likeness (QED) is 0.359. The molecule has 0 fully saturated rings. The number of guanidine groups is 1. The number of amidine groups is 1. The number of nitrogens with zero attached hydrogens (tertiary/aromatic N) is 4. The number of fused-ring (bicyclic) bond motifs is 1. The van der Waals surface area contributed by atoms with Gasteiger partial charge in [0.05, 0.1) is 11.9 Å². The Hall–Kier alpha value is -3.52. The fraction of sp³-hybridized carbons (Fsp3) is 0.0526. The van der Waals surface area contributed by atoms with E-state index >= 15 is 0 Å². The molecule has 0 saturated heterocycles. The van der Waals surface area contributed by atoms with Crippen LogP contribution in [0.15, 0.2) is 64.0 Å². The van der Waals surface area contributed by atoms with Gasteiger partial charge in [-0.3, -0.25) is 4.98 Å². The van der Waals surface area contributed by atoms with Gasteiger partial charge in [0.1, 0.15) is 5.84 Å². The maximum Gasteiger partial charge on any atom is 0.190 e. The molecule has 3 aromatic rings. The summed E-state index contributed by atoms with van der Waals surface area (Å²) in [6.07, 6.45) is 6.84. The molecule has 0 bridgehead atoms. The summed E-state index contributed by atoms with van der Waals surface area (Å²) in [4.78, 5) is 9.39. The molecule has 0 aliphatic rings. The van der Waals surface area contributed by atoms with E-state index in [1.165, 1.54) is 10.1 Å². The van der Waals surface area contributed by atoms with Gasteiger partial charge >= 0.3 is 0 Å². The van der Waals surface area contributed by atoms with Crippen molar-refractivity contribution in [3.05, 3.63) is 60.1 Å². The van der Waals surface area contributed by atoms with Crippen LogP contribution in [0.2, 0.25) is 0 Å². The highest BCUT2D eigenvalue weighted by atomic mass is 32.1. The Kier molecular flexibility index (Phi) is 5.58. The third-order valence-corrected chi connectivity index (χ3v) is 4.66. The van der Waals surface area contributed by atoms with Gasteiger partial charge in [0.2, 0.25) is 0 Å². The molecule has 0 saturated carbocycles. The second kappa shape index (κ2) is 8.24. The molecule has 8 heteroatoms. The number of nitrogens with two attached hydrogens (primary N) is 3. The SMILES string of the molecule is CC(N)=N/N=C\c1ccc(-c2cc3ccc(/C=C/N=C(N)N)cc3s2)cn1. The largest absolute Gasteiger partial charge is 0.386 e. The molecular weight excluding hydrogens is 358 g/mol. The molecule has 7 nitrogen and oxygen atoms in total. The highest BCUT2D eigenvalue weighted by molar-refractivity contribution is 7.22. The monoisotopic (exact) mass is 377 g/mol. The van der Waals surface area contributed by atoms with E-state index in [1.807, 2.05) is 30.5 Å². The van der Waals surface area contributed by atoms with Gasteiger partial charge in [-0.15, -0.1) is 16.4 Å². The predicted octanol–water partition coefficient (Wildman–Crippen LogP) is 2.92. The van der Waals surface area contributed by atoms with E-state index in [0.29, 0.717) is 5.84 Å². The number of hydrogen-bond acceptors (Lipinski definition) is 5. The van der Waals surface area contributed by atoms with Gasteiger partial charge < -0.3 is 17.2 Å². The van der Waals surface area contributed by atoms with Crippen LogP contribution < -0.4 is 17.2 Å². The number of aliphatic imine (C=N–C) groups is 1. The van der Waals surface area contributed by atoms with Crippen LogP contribution in [0.4, 0.5) is 0 Å². The van der Waals surface area contributed by atoms with Crippen LogP contribution in [0.3, 0.4) is 0 Å². The van der Waals surface area contributed by atoms with Gasteiger partial charge in [0.25, 0.3) is 0 Å². The second-order valence-electron chi connectivity index (χ2n) is 5.74. The lowest BCUT2D eigenvalue weighted by Gasteiger charge is -1.96. The summed E-state index contributed by atoms with van der Waals surface area (Å²) >= 11 is 1.70. The first-order valence-electron chi connectivity index (χ1n) is 8.10. The molecule has 0 spiro atoms. The molecule has 0 radical (unpaired) electrons. The van der Waals surface area contributed by atoms with Crippen LogP contribution in [-0.4, -0.2) is 23.0 Å². The van der Waals surface area contributed by atoms with Crippen LogP contribution in [0.5, 0.6) is 0 Å². The minimum absolute atomic E-state index is 0.0386. The summed E-state index contributed by atoms with van der Waals surface area (Å²) in [7, 11) is 0. The maximum absolute atomic E-state index is 5.44. The molecule has 0 aliphatic carbocycles. The van der Waals surface area contributed by atoms with Crippen LogP contribution in [0, 0.1) is 0 Å². The molecule has 0 amide bonds. The van der Waals surface area contributed by atoms with Crippen molar-refractivity contribution in [1.82, 2.24) is 4.98 Å². The summed E-state index contributed by atoms with van der Waals surface area (Å²) in [5.41, 5.74) is 18.9. The molecule has 0 unspecified atom stereocenters. The first kappa shape index (κ1) is 18.3. The molecule has 136 valence electrons. The highest BCUT2D eigenvalue weighted by Gasteiger charge is 2.05. The van der Waals surface area contributed by atoms with E-state index < -0.39 is 0 Å². The lowest BCUT2D eigenvalue weighted by molar-refractivity contribution is 1.21. The Labute approximate surface area is 160 Å². The Morgan fingerprint density at radius 2 is 1.96 bits per heavy atom. The summed E-state index contributed by atoms with van der Waals surface area (Å²) < 4.78 is 1.18. The molecular formula is C19H19N7S. The molecule has 2 heterocycles. The maximum atomic E-state index is 5.44. The van der Waals surface area contributed by atoms with Gasteiger partial charge in [-0.1, -0.05) is 12.1 Å². The van der Waals surface area contributed by atoms with Gasteiger partial charge in [0.15, 0.2) is 5.96 Å². The number of thiophene rings is 1. The standard InChI is InChI=1S/C19H19N7S/c1-12(20)26-25-11-16-5-4-15(10-24-16)18-9-14-3-2-13(8-17(14)27-18)6-7-23-19(21)22/h2-11H,1H3,(H2,20,26)(H4,21,22,23)/b7-6+,25-11-. The van der Waals surface area contributed by atoms with Crippen molar-refractivity contribution in [1.29, 1.82) is 0 Å². The number of benzene rings is 1. The van der Waals surface area contributed by atoms with Crippen molar-refractivity contribution in [2.75, 3.05) is 0 Å². The molecule has 0 atom stereocenters. The third kappa shape index (κ3) is 4.99. The van der Waals surface area contributed by atoms with E-state index in [9.17, 15) is 0 Å². The molecule has 27 heavy (non-hydrogen) atoms. The van der Waals surface area contributed by atoms with Crippen LogP contribution in [0.1, 0.15) is 18.2 Å². The van der Waals surface area contributed by atoms with Crippen molar-refractivity contribution in [3.63, 3.8) is 0 Å². The van der Waals surface area contributed by atoms with Crippen molar-refractivity contribution in [3.8, 4) is 10.4 Å². The van der Waals surface area contributed by atoms with E-state index in [0.717, 1.165) is 21.7 Å². The average Bonchev–Trinajstić information content (AvgIpc) is 3.05. The highest BCUT2D eigenvalue weighted by Crippen LogP contribution is 2.33. The number of aromatic nitrogens is 1. The van der Waals surface area contributed by atoms with Gasteiger partial charge in [-0.05, 0) is 48.2 Å². The molecule has 6 N–H and O–H groups in total. The summed E-state index contributed by atoms with van der Waals surface area (Å²) in [5.74, 6) is 0.442. The number of rotatable bonds is 5. The fourth-order valence-corrected chi connectivity index (χ4v) is 3.41.